The second kappa shape index (κ2) is 5.29. The zero-order valence-corrected chi connectivity index (χ0v) is 10.6. The summed E-state index contributed by atoms with van der Waals surface area (Å²) >= 11 is 0. The second-order valence-electron chi connectivity index (χ2n) is 4.75. The fourth-order valence-electron chi connectivity index (χ4n) is 2.14. The van der Waals surface area contributed by atoms with E-state index in [2.05, 4.69) is 9.98 Å². The van der Waals surface area contributed by atoms with Crippen molar-refractivity contribution in [3.63, 3.8) is 0 Å². The van der Waals surface area contributed by atoms with Gasteiger partial charge in [0.25, 0.3) is 0 Å². The third-order valence-corrected chi connectivity index (χ3v) is 3.02. The van der Waals surface area contributed by atoms with Crippen LogP contribution < -0.4 is 5.69 Å². The molecule has 6 heteroatoms. The molecule has 2 rings (SSSR count). The topological polar surface area (TPSA) is 50.5 Å². The van der Waals surface area contributed by atoms with E-state index in [4.69, 9.17) is 0 Å². The van der Waals surface area contributed by atoms with Crippen molar-refractivity contribution in [3.05, 3.63) is 22.5 Å². The molecule has 0 amide bonds. The van der Waals surface area contributed by atoms with Crippen LogP contribution in [-0.2, 0) is 0 Å². The Hall–Kier alpha value is -1.72. The van der Waals surface area contributed by atoms with Gasteiger partial charge < -0.3 is 4.90 Å². The molecular formula is C12H17FN4O. The molecule has 0 aliphatic heterocycles. The third kappa shape index (κ3) is 2.75. The summed E-state index contributed by atoms with van der Waals surface area (Å²) in [4.78, 5) is 21.0. The first kappa shape index (κ1) is 12.7. The molecule has 1 aliphatic carbocycles. The van der Waals surface area contributed by atoms with E-state index >= 15 is 0 Å². The standard InChI is InChI=1S/C12H17FN4O/c1-16(2)8-14-11-10(13)7-17(12(18)15-11)9-5-3-4-6-9/h7-9H,3-6H2,1-2H3. The maximum Gasteiger partial charge on any atom is 0.350 e. The average molecular weight is 252 g/mol. The second-order valence-corrected chi connectivity index (χ2v) is 4.75. The highest BCUT2D eigenvalue weighted by atomic mass is 19.1. The molecule has 0 unspecified atom stereocenters. The van der Waals surface area contributed by atoms with Crippen molar-refractivity contribution in [2.75, 3.05) is 14.1 Å². The van der Waals surface area contributed by atoms with E-state index in [9.17, 15) is 9.18 Å². The van der Waals surface area contributed by atoms with Gasteiger partial charge in [0, 0.05) is 26.3 Å². The van der Waals surface area contributed by atoms with Gasteiger partial charge in [-0.3, -0.25) is 4.57 Å². The summed E-state index contributed by atoms with van der Waals surface area (Å²) in [5.74, 6) is -0.706. The van der Waals surface area contributed by atoms with Gasteiger partial charge in [0.2, 0.25) is 0 Å². The van der Waals surface area contributed by atoms with Crippen molar-refractivity contribution in [3.8, 4) is 0 Å². The molecule has 1 aromatic heterocycles. The molecule has 1 heterocycles. The molecule has 0 atom stereocenters. The van der Waals surface area contributed by atoms with E-state index in [1.807, 2.05) is 0 Å². The molecule has 0 radical (unpaired) electrons. The summed E-state index contributed by atoms with van der Waals surface area (Å²) in [6, 6.07) is 0.0892. The number of nitrogens with zero attached hydrogens (tertiary/aromatic N) is 4. The van der Waals surface area contributed by atoms with Crippen molar-refractivity contribution in [1.29, 1.82) is 0 Å². The number of rotatable bonds is 3. The highest BCUT2D eigenvalue weighted by molar-refractivity contribution is 5.58. The molecule has 0 spiro atoms. The van der Waals surface area contributed by atoms with E-state index in [0.29, 0.717) is 0 Å². The predicted molar refractivity (Wildman–Crippen MR) is 67.8 cm³/mol. The van der Waals surface area contributed by atoms with Crippen molar-refractivity contribution in [2.24, 2.45) is 4.99 Å². The summed E-state index contributed by atoms with van der Waals surface area (Å²) < 4.78 is 15.2. The van der Waals surface area contributed by atoms with Gasteiger partial charge in [-0.1, -0.05) is 12.8 Å². The van der Waals surface area contributed by atoms with Crippen LogP contribution in [-0.4, -0.2) is 34.9 Å². The van der Waals surface area contributed by atoms with Crippen LogP contribution in [0.5, 0.6) is 0 Å². The van der Waals surface area contributed by atoms with Crippen LogP contribution >= 0.6 is 0 Å². The lowest BCUT2D eigenvalue weighted by molar-refractivity contribution is 0.471. The van der Waals surface area contributed by atoms with Gasteiger partial charge in [-0.2, -0.15) is 4.98 Å². The lowest BCUT2D eigenvalue weighted by Crippen LogP contribution is -2.26. The molecular weight excluding hydrogens is 235 g/mol. The van der Waals surface area contributed by atoms with Gasteiger partial charge in [0.15, 0.2) is 11.6 Å². The first-order chi connectivity index (χ1) is 8.58. The maximum absolute atomic E-state index is 13.8. The fraction of sp³-hybridized carbons (Fsp3) is 0.583. The van der Waals surface area contributed by atoms with E-state index in [-0.39, 0.29) is 11.9 Å². The van der Waals surface area contributed by atoms with Crippen molar-refractivity contribution >= 4 is 12.2 Å². The predicted octanol–water partition coefficient (Wildman–Crippen LogP) is 1.72. The van der Waals surface area contributed by atoms with Crippen LogP contribution in [0, 0.1) is 5.82 Å². The minimum absolute atomic E-state index is 0.0892. The molecule has 0 saturated heterocycles. The Morgan fingerprint density at radius 1 is 1.50 bits per heavy atom. The Kier molecular flexibility index (Phi) is 3.74. The third-order valence-electron chi connectivity index (χ3n) is 3.02. The number of aromatic nitrogens is 2. The molecule has 1 saturated carbocycles. The van der Waals surface area contributed by atoms with Gasteiger partial charge in [0.05, 0.1) is 6.34 Å². The van der Waals surface area contributed by atoms with Gasteiger partial charge in [0.1, 0.15) is 0 Å². The number of halogens is 1. The van der Waals surface area contributed by atoms with Crippen LogP contribution in [0.25, 0.3) is 0 Å². The largest absolute Gasteiger partial charge is 0.369 e. The van der Waals surface area contributed by atoms with Crippen LogP contribution in [0.3, 0.4) is 0 Å². The van der Waals surface area contributed by atoms with Gasteiger partial charge in [-0.05, 0) is 12.8 Å². The lowest BCUT2D eigenvalue weighted by Gasteiger charge is -2.12. The van der Waals surface area contributed by atoms with Crippen LogP contribution in [0.15, 0.2) is 16.0 Å². The maximum atomic E-state index is 13.8. The summed E-state index contributed by atoms with van der Waals surface area (Å²) in [6.45, 7) is 0. The molecule has 0 bridgehead atoms. The van der Waals surface area contributed by atoms with Crippen LogP contribution in [0.4, 0.5) is 10.2 Å². The molecule has 98 valence electrons. The molecule has 5 nitrogen and oxygen atoms in total. The Morgan fingerprint density at radius 3 is 2.78 bits per heavy atom. The summed E-state index contributed by atoms with van der Waals surface area (Å²) in [7, 11) is 3.53. The zero-order valence-electron chi connectivity index (χ0n) is 10.6. The first-order valence-electron chi connectivity index (χ1n) is 6.07. The summed E-state index contributed by atoms with van der Waals surface area (Å²) in [6.07, 6.45) is 6.65. The van der Waals surface area contributed by atoms with E-state index in [1.165, 1.54) is 17.1 Å². The minimum Gasteiger partial charge on any atom is -0.369 e. The normalized spacial score (nSPS) is 16.6. The summed E-state index contributed by atoms with van der Waals surface area (Å²) in [5.41, 5.74) is -0.422. The highest BCUT2D eigenvalue weighted by Crippen LogP contribution is 2.28. The van der Waals surface area contributed by atoms with Crippen LogP contribution in [0.1, 0.15) is 31.7 Å². The highest BCUT2D eigenvalue weighted by Gasteiger charge is 2.19. The van der Waals surface area contributed by atoms with Gasteiger partial charge in [-0.15, -0.1) is 0 Å². The minimum atomic E-state index is -0.556. The van der Waals surface area contributed by atoms with Gasteiger partial charge >= 0.3 is 5.69 Å². The monoisotopic (exact) mass is 252 g/mol. The molecule has 0 aromatic carbocycles. The first-order valence-corrected chi connectivity index (χ1v) is 6.07. The lowest BCUT2D eigenvalue weighted by atomic mass is 10.2. The quantitative estimate of drug-likeness (QED) is 0.608. The van der Waals surface area contributed by atoms with Crippen molar-refractivity contribution < 1.29 is 4.39 Å². The summed E-state index contributed by atoms with van der Waals surface area (Å²) in [5, 5.41) is 0. The van der Waals surface area contributed by atoms with E-state index in [1.54, 1.807) is 19.0 Å². The SMILES string of the molecule is CN(C)C=Nc1nc(=O)n(C2CCCC2)cc1F. The Labute approximate surface area is 105 Å². The molecule has 1 aliphatic rings. The van der Waals surface area contributed by atoms with Crippen LogP contribution in [0.2, 0.25) is 0 Å². The van der Waals surface area contributed by atoms with E-state index in [0.717, 1.165) is 25.7 Å². The van der Waals surface area contributed by atoms with E-state index < -0.39 is 11.5 Å². The molecule has 1 aromatic rings. The van der Waals surface area contributed by atoms with Crippen molar-refractivity contribution in [1.82, 2.24) is 14.5 Å². The zero-order chi connectivity index (χ0) is 13.1. The number of hydrogen-bond acceptors (Lipinski definition) is 3. The molecule has 18 heavy (non-hydrogen) atoms. The Balaban J connectivity index is 2.31. The molecule has 0 N–H and O–H groups in total. The fourth-order valence-corrected chi connectivity index (χ4v) is 2.14. The number of hydrogen-bond donors (Lipinski definition) is 0. The Bertz CT molecular complexity index is 503. The van der Waals surface area contributed by atoms with Gasteiger partial charge in [-0.25, -0.2) is 14.2 Å². The van der Waals surface area contributed by atoms with Crippen molar-refractivity contribution in [2.45, 2.75) is 31.7 Å². The number of aliphatic imine (C=N–C) groups is 1. The molecule has 1 fully saturated rings. The Morgan fingerprint density at radius 2 is 2.17 bits per heavy atom. The average Bonchev–Trinajstić information content (AvgIpc) is 2.83. The smallest absolute Gasteiger partial charge is 0.350 e.